The van der Waals surface area contributed by atoms with Gasteiger partial charge in [-0.05, 0) is 24.6 Å². The second kappa shape index (κ2) is 4.14. The second-order valence-electron chi connectivity index (χ2n) is 4.46. The predicted octanol–water partition coefficient (Wildman–Crippen LogP) is 2.21. The normalized spacial score (nSPS) is 10.9. The van der Waals surface area contributed by atoms with Crippen molar-refractivity contribution in [2.45, 2.75) is 13.3 Å². The SMILES string of the molecule is Cc1cccc(Cc2nc3ccc(N)cn3n2)c1. The molecule has 2 heterocycles. The van der Waals surface area contributed by atoms with Crippen molar-refractivity contribution in [3.05, 3.63) is 59.5 Å². The van der Waals surface area contributed by atoms with Crippen LogP contribution in [0, 0.1) is 6.92 Å². The fourth-order valence-electron chi connectivity index (χ4n) is 2.02. The molecule has 0 saturated heterocycles. The topological polar surface area (TPSA) is 56.2 Å². The molecular weight excluding hydrogens is 224 g/mol. The second-order valence-corrected chi connectivity index (χ2v) is 4.46. The quantitative estimate of drug-likeness (QED) is 0.744. The molecular formula is C14H14N4. The Kier molecular flexibility index (Phi) is 2.48. The molecule has 0 atom stereocenters. The summed E-state index contributed by atoms with van der Waals surface area (Å²) in [4.78, 5) is 4.48. The molecule has 4 nitrogen and oxygen atoms in total. The van der Waals surface area contributed by atoms with Crippen LogP contribution in [0.5, 0.6) is 0 Å². The van der Waals surface area contributed by atoms with Crippen LogP contribution in [0.3, 0.4) is 0 Å². The van der Waals surface area contributed by atoms with E-state index in [0.29, 0.717) is 5.69 Å². The van der Waals surface area contributed by atoms with E-state index < -0.39 is 0 Å². The van der Waals surface area contributed by atoms with E-state index in [1.54, 1.807) is 10.7 Å². The van der Waals surface area contributed by atoms with E-state index in [0.717, 1.165) is 17.9 Å². The highest BCUT2D eigenvalue weighted by atomic mass is 15.3. The lowest BCUT2D eigenvalue weighted by atomic mass is 10.1. The maximum Gasteiger partial charge on any atom is 0.156 e. The number of pyridine rings is 1. The average molecular weight is 238 g/mol. The summed E-state index contributed by atoms with van der Waals surface area (Å²) in [5, 5.41) is 4.42. The summed E-state index contributed by atoms with van der Waals surface area (Å²) < 4.78 is 1.72. The highest BCUT2D eigenvalue weighted by molar-refractivity contribution is 5.46. The van der Waals surface area contributed by atoms with E-state index in [2.05, 4.69) is 41.3 Å². The Labute approximate surface area is 105 Å². The number of benzene rings is 1. The van der Waals surface area contributed by atoms with E-state index in [9.17, 15) is 0 Å². The van der Waals surface area contributed by atoms with Crippen molar-refractivity contribution in [3.8, 4) is 0 Å². The molecule has 0 fully saturated rings. The highest BCUT2D eigenvalue weighted by Gasteiger charge is 2.04. The number of anilines is 1. The number of rotatable bonds is 2. The van der Waals surface area contributed by atoms with Gasteiger partial charge in [0, 0.05) is 6.42 Å². The smallest absolute Gasteiger partial charge is 0.156 e. The van der Waals surface area contributed by atoms with Gasteiger partial charge in [-0.1, -0.05) is 29.8 Å². The third-order valence-corrected chi connectivity index (χ3v) is 2.84. The number of hydrogen-bond donors (Lipinski definition) is 1. The van der Waals surface area contributed by atoms with Crippen LogP contribution in [-0.4, -0.2) is 14.6 Å². The number of aryl methyl sites for hydroxylation is 1. The van der Waals surface area contributed by atoms with Gasteiger partial charge in [-0.3, -0.25) is 0 Å². The van der Waals surface area contributed by atoms with Crippen LogP contribution in [-0.2, 0) is 6.42 Å². The fourth-order valence-corrected chi connectivity index (χ4v) is 2.02. The van der Waals surface area contributed by atoms with Crippen molar-refractivity contribution in [2.75, 3.05) is 5.73 Å². The van der Waals surface area contributed by atoms with Crippen LogP contribution in [0.4, 0.5) is 5.69 Å². The maximum absolute atomic E-state index is 5.72. The molecule has 1 aromatic carbocycles. The zero-order valence-corrected chi connectivity index (χ0v) is 10.2. The Morgan fingerprint density at radius 2 is 2.11 bits per heavy atom. The molecule has 3 aromatic rings. The molecule has 0 saturated carbocycles. The van der Waals surface area contributed by atoms with Crippen LogP contribution >= 0.6 is 0 Å². The molecule has 0 bridgehead atoms. The molecule has 0 unspecified atom stereocenters. The number of fused-ring (bicyclic) bond motifs is 1. The number of nitrogens with zero attached hydrogens (tertiary/aromatic N) is 3. The van der Waals surface area contributed by atoms with Gasteiger partial charge in [0.1, 0.15) is 0 Å². The summed E-state index contributed by atoms with van der Waals surface area (Å²) in [5.74, 6) is 0.811. The fraction of sp³-hybridized carbons (Fsp3) is 0.143. The first kappa shape index (κ1) is 10.8. The summed E-state index contributed by atoms with van der Waals surface area (Å²) in [6.45, 7) is 2.08. The van der Waals surface area contributed by atoms with Crippen molar-refractivity contribution in [1.29, 1.82) is 0 Å². The average Bonchev–Trinajstić information content (AvgIpc) is 2.70. The van der Waals surface area contributed by atoms with Gasteiger partial charge in [-0.2, -0.15) is 5.10 Å². The molecule has 18 heavy (non-hydrogen) atoms. The summed E-state index contributed by atoms with van der Waals surface area (Å²) in [6.07, 6.45) is 2.52. The van der Waals surface area contributed by atoms with E-state index >= 15 is 0 Å². The van der Waals surface area contributed by atoms with Gasteiger partial charge in [0.05, 0.1) is 11.9 Å². The zero-order chi connectivity index (χ0) is 12.5. The summed E-state index contributed by atoms with van der Waals surface area (Å²) in [5.41, 5.74) is 9.70. The molecule has 90 valence electrons. The first-order chi connectivity index (χ1) is 8.70. The minimum absolute atomic E-state index is 0.689. The molecule has 4 heteroatoms. The van der Waals surface area contributed by atoms with E-state index in [-0.39, 0.29) is 0 Å². The highest BCUT2D eigenvalue weighted by Crippen LogP contribution is 2.11. The number of aromatic nitrogens is 3. The molecule has 0 spiro atoms. The molecule has 0 radical (unpaired) electrons. The standard InChI is InChI=1S/C14H14N4/c1-10-3-2-4-11(7-10)8-13-16-14-6-5-12(15)9-18(14)17-13/h2-7,9H,8,15H2,1H3. The Morgan fingerprint density at radius 1 is 1.22 bits per heavy atom. The minimum atomic E-state index is 0.689. The van der Waals surface area contributed by atoms with Gasteiger partial charge < -0.3 is 5.73 Å². The molecule has 0 aliphatic carbocycles. The lowest BCUT2D eigenvalue weighted by Crippen LogP contribution is -1.93. The van der Waals surface area contributed by atoms with Crippen LogP contribution in [0.2, 0.25) is 0 Å². The molecule has 3 rings (SSSR count). The molecule has 0 aliphatic rings. The largest absolute Gasteiger partial charge is 0.397 e. The summed E-state index contributed by atoms with van der Waals surface area (Å²) in [7, 11) is 0. The Bertz CT molecular complexity index is 700. The zero-order valence-electron chi connectivity index (χ0n) is 10.2. The van der Waals surface area contributed by atoms with Crippen molar-refractivity contribution in [1.82, 2.24) is 14.6 Å². The van der Waals surface area contributed by atoms with Gasteiger partial charge in [-0.15, -0.1) is 0 Å². The van der Waals surface area contributed by atoms with Gasteiger partial charge in [0.2, 0.25) is 0 Å². The van der Waals surface area contributed by atoms with E-state index in [4.69, 9.17) is 5.73 Å². The monoisotopic (exact) mass is 238 g/mol. The molecule has 0 amide bonds. The van der Waals surface area contributed by atoms with Crippen LogP contribution < -0.4 is 5.73 Å². The van der Waals surface area contributed by atoms with Crippen molar-refractivity contribution < 1.29 is 0 Å². The van der Waals surface area contributed by atoms with E-state index in [1.807, 2.05) is 12.1 Å². The molecule has 0 aliphatic heterocycles. The Balaban J connectivity index is 1.95. The number of nitrogens with two attached hydrogens (primary N) is 1. The number of hydrogen-bond acceptors (Lipinski definition) is 3. The summed E-state index contributed by atoms with van der Waals surface area (Å²) >= 11 is 0. The van der Waals surface area contributed by atoms with Gasteiger partial charge in [0.15, 0.2) is 11.5 Å². The first-order valence-electron chi connectivity index (χ1n) is 5.87. The van der Waals surface area contributed by atoms with Gasteiger partial charge in [0.25, 0.3) is 0 Å². The third-order valence-electron chi connectivity index (χ3n) is 2.84. The lowest BCUT2D eigenvalue weighted by molar-refractivity contribution is 0.901. The van der Waals surface area contributed by atoms with Crippen molar-refractivity contribution >= 4 is 11.3 Å². The van der Waals surface area contributed by atoms with E-state index in [1.165, 1.54) is 11.1 Å². The third kappa shape index (κ3) is 2.05. The van der Waals surface area contributed by atoms with Crippen LogP contribution in [0.1, 0.15) is 17.0 Å². The number of nitrogen functional groups attached to an aromatic ring is 1. The predicted molar refractivity (Wildman–Crippen MR) is 71.4 cm³/mol. The van der Waals surface area contributed by atoms with Crippen molar-refractivity contribution in [3.63, 3.8) is 0 Å². The minimum Gasteiger partial charge on any atom is -0.397 e. The van der Waals surface area contributed by atoms with Crippen LogP contribution in [0.15, 0.2) is 42.6 Å². The Hall–Kier alpha value is -2.36. The lowest BCUT2D eigenvalue weighted by Gasteiger charge is -1.98. The maximum atomic E-state index is 5.72. The van der Waals surface area contributed by atoms with Crippen molar-refractivity contribution in [2.24, 2.45) is 0 Å². The molecule has 2 aromatic heterocycles. The molecule has 2 N–H and O–H groups in total. The first-order valence-corrected chi connectivity index (χ1v) is 5.87. The van der Waals surface area contributed by atoms with Gasteiger partial charge in [-0.25, -0.2) is 9.50 Å². The Morgan fingerprint density at radius 3 is 2.94 bits per heavy atom. The summed E-state index contributed by atoms with van der Waals surface area (Å²) in [6, 6.07) is 12.1. The van der Waals surface area contributed by atoms with Gasteiger partial charge >= 0.3 is 0 Å². The van der Waals surface area contributed by atoms with Crippen LogP contribution in [0.25, 0.3) is 5.65 Å².